The van der Waals surface area contributed by atoms with Gasteiger partial charge in [-0.15, -0.1) is 0 Å². The minimum atomic E-state index is -1.02. The van der Waals surface area contributed by atoms with Crippen molar-refractivity contribution in [2.45, 2.75) is 116 Å². The summed E-state index contributed by atoms with van der Waals surface area (Å²) in [6.07, 6.45) is 3.74. The van der Waals surface area contributed by atoms with Crippen molar-refractivity contribution in [1.82, 2.24) is 31.1 Å². The molecule has 2 heterocycles. The van der Waals surface area contributed by atoms with Gasteiger partial charge in [0.15, 0.2) is 5.78 Å². The van der Waals surface area contributed by atoms with Gasteiger partial charge >= 0.3 is 0 Å². The van der Waals surface area contributed by atoms with Crippen LogP contribution in [0.5, 0.6) is 0 Å². The number of hydrogen-bond acceptors (Lipinski definition) is 8. The Balaban J connectivity index is 1.45. The van der Waals surface area contributed by atoms with Gasteiger partial charge in [-0.1, -0.05) is 88.4 Å². The molecule has 0 bridgehead atoms. The molecule has 2 aliphatic rings. The van der Waals surface area contributed by atoms with Crippen LogP contribution in [0.2, 0.25) is 0 Å². The molecule has 0 aromatic heterocycles. The third-order valence-electron chi connectivity index (χ3n) is 10.6. The number of aryl methyl sites for hydroxylation is 1. The van der Waals surface area contributed by atoms with Crippen molar-refractivity contribution < 1.29 is 28.7 Å². The molecule has 2 aromatic rings. The average molecular weight is 775 g/mol. The molecule has 5 atom stereocenters. The van der Waals surface area contributed by atoms with E-state index < -0.39 is 47.5 Å². The van der Waals surface area contributed by atoms with Gasteiger partial charge in [0, 0.05) is 39.0 Å². The summed E-state index contributed by atoms with van der Waals surface area (Å²) >= 11 is 0. The first-order valence-corrected chi connectivity index (χ1v) is 20.6. The van der Waals surface area contributed by atoms with Crippen molar-refractivity contribution in [1.29, 1.82) is 0 Å². The van der Waals surface area contributed by atoms with E-state index in [9.17, 15) is 24.0 Å². The Morgan fingerprint density at radius 1 is 0.679 bits per heavy atom. The molecule has 0 unspecified atom stereocenters. The lowest BCUT2D eigenvalue weighted by Gasteiger charge is -2.32. The second-order valence-corrected chi connectivity index (χ2v) is 16.8. The third kappa shape index (κ3) is 15.1. The monoisotopic (exact) mass is 775 g/mol. The van der Waals surface area contributed by atoms with Crippen LogP contribution >= 0.6 is 0 Å². The van der Waals surface area contributed by atoms with Gasteiger partial charge in [-0.05, 0) is 82.0 Å². The Morgan fingerprint density at radius 3 is 1.79 bits per heavy atom. The maximum absolute atomic E-state index is 14.1. The predicted octanol–water partition coefficient (Wildman–Crippen LogP) is 3.67. The van der Waals surface area contributed by atoms with E-state index in [2.05, 4.69) is 38.1 Å². The summed E-state index contributed by atoms with van der Waals surface area (Å²) in [5.41, 5.74) is 0.942. The maximum Gasteiger partial charge on any atom is 0.243 e. The van der Waals surface area contributed by atoms with Gasteiger partial charge in [-0.3, -0.25) is 24.0 Å². The van der Waals surface area contributed by atoms with Crippen LogP contribution in [-0.4, -0.2) is 115 Å². The zero-order chi connectivity index (χ0) is 40.7. The molecule has 2 fully saturated rings. The fourth-order valence-electron chi connectivity index (χ4n) is 7.08. The largest absolute Gasteiger partial charge is 0.361 e. The number of carbonyl (C=O) groups is 5. The molecule has 0 aliphatic carbocycles. The summed E-state index contributed by atoms with van der Waals surface area (Å²) in [7, 11) is 2.13. The summed E-state index contributed by atoms with van der Waals surface area (Å²) in [6, 6.07) is 15.5. The number of amides is 4. The van der Waals surface area contributed by atoms with E-state index in [1.165, 1.54) is 0 Å². The van der Waals surface area contributed by atoms with Gasteiger partial charge in [0.1, 0.15) is 23.7 Å². The van der Waals surface area contributed by atoms with Gasteiger partial charge < -0.3 is 35.8 Å². The second kappa shape index (κ2) is 22.0. The number of likely N-dealkylation sites (N-methyl/N-ethyl adjacent to an activating group) is 1. The molecule has 0 saturated carbocycles. The number of ether oxygens (including phenoxy) is 1. The van der Waals surface area contributed by atoms with Crippen LogP contribution in [-0.2, 0) is 41.6 Å². The van der Waals surface area contributed by atoms with Crippen molar-refractivity contribution in [2.24, 2.45) is 11.8 Å². The summed E-state index contributed by atoms with van der Waals surface area (Å²) < 4.78 is 5.42. The standard InChI is InChI=1S/C44H66N6O6/c1-31(2)27-36(40(52)44(5)30-56-44)46-43(55)38(29-34-17-11-8-12-18-34)48-42(54)37(28-32(3)4)47-41(53)35(21-20-33-15-9-7-10-16-33)45-39(51)19-13-14-22-50-25-23-49(6)24-26-50/h7-12,15-18,31-32,35-38H,13-14,19-30H2,1-6H3,(H,45,51)(H,46,55)(H,47,53)(H,48,54)/t35-,36-,37-,38-,44+/m0/s1. The van der Waals surface area contributed by atoms with Crippen molar-refractivity contribution in [3.05, 3.63) is 71.8 Å². The van der Waals surface area contributed by atoms with E-state index in [-0.39, 0.29) is 29.9 Å². The number of nitrogens with one attached hydrogen (secondary N) is 4. The van der Waals surface area contributed by atoms with Crippen LogP contribution in [0.15, 0.2) is 60.7 Å². The van der Waals surface area contributed by atoms with E-state index in [0.717, 1.165) is 50.3 Å². The maximum atomic E-state index is 14.1. The lowest BCUT2D eigenvalue weighted by atomic mass is 9.93. The predicted molar refractivity (Wildman–Crippen MR) is 219 cm³/mol. The van der Waals surface area contributed by atoms with Crippen LogP contribution in [0, 0.1) is 11.8 Å². The molecule has 56 heavy (non-hydrogen) atoms. The zero-order valence-electron chi connectivity index (χ0n) is 34.5. The third-order valence-corrected chi connectivity index (χ3v) is 10.6. The Hall–Kier alpha value is -4.13. The molecule has 0 spiro atoms. The lowest BCUT2D eigenvalue weighted by molar-refractivity contribution is -0.135. The van der Waals surface area contributed by atoms with Crippen LogP contribution in [0.4, 0.5) is 0 Å². The molecule has 4 amide bonds. The summed E-state index contributed by atoms with van der Waals surface area (Å²) in [5, 5.41) is 11.8. The van der Waals surface area contributed by atoms with Gasteiger partial charge in [0.2, 0.25) is 23.6 Å². The Bertz CT molecular complexity index is 1560. The van der Waals surface area contributed by atoms with Crippen LogP contribution in [0.1, 0.15) is 84.3 Å². The number of nitrogens with zero attached hydrogens (tertiary/aromatic N) is 2. The fraction of sp³-hybridized carbons (Fsp3) is 0.614. The number of rotatable bonds is 23. The first kappa shape index (κ1) is 44.6. The first-order valence-electron chi connectivity index (χ1n) is 20.6. The molecule has 4 rings (SSSR count). The van der Waals surface area contributed by atoms with Gasteiger partial charge in [-0.25, -0.2) is 0 Å². The minimum absolute atomic E-state index is 0.0254. The number of unbranched alkanes of at least 4 members (excludes halogenated alkanes) is 1. The van der Waals surface area contributed by atoms with E-state index in [4.69, 9.17) is 4.74 Å². The Morgan fingerprint density at radius 2 is 1.20 bits per heavy atom. The van der Waals surface area contributed by atoms with Crippen LogP contribution < -0.4 is 21.3 Å². The lowest BCUT2D eigenvalue weighted by Crippen LogP contribution is -2.59. The number of Topliss-reactive ketones (excluding diaryl/α,β-unsaturated/α-hetero) is 1. The Kier molecular flexibility index (Phi) is 17.5. The van der Waals surface area contributed by atoms with Crippen LogP contribution in [0.3, 0.4) is 0 Å². The Labute approximate surface area is 334 Å². The van der Waals surface area contributed by atoms with Crippen molar-refractivity contribution in [3.63, 3.8) is 0 Å². The topological polar surface area (TPSA) is 152 Å². The first-order chi connectivity index (χ1) is 26.7. The molecule has 308 valence electrons. The smallest absolute Gasteiger partial charge is 0.243 e. The highest BCUT2D eigenvalue weighted by molar-refractivity contribution is 5.98. The average Bonchev–Trinajstić information content (AvgIpc) is 3.93. The van der Waals surface area contributed by atoms with Gasteiger partial charge in [0.05, 0.1) is 12.6 Å². The molecule has 12 heteroatoms. The van der Waals surface area contributed by atoms with E-state index in [1.54, 1.807) is 6.92 Å². The summed E-state index contributed by atoms with van der Waals surface area (Å²) in [4.78, 5) is 73.6. The van der Waals surface area contributed by atoms with E-state index in [0.29, 0.717) is 45.1 Å². The van der Waals surface area contributed by atoms with Gasteiger partial charge in [-0.2, -0.15) is 0 Å². The number of ketones is 1. The van der Waals surface area contributed by atoms with E-state index in [1.807, 2.05) is 88.4 Å². The molecule has 12 nitrogen and oxygen atoms in total. The summed E-state index contributed by atoms with van der Waals surface area (Å²) in [6.45, 7) is 15.0. The number of carbonyl (C=O) groups excluding carboxylic acids is 5. The highest BCUT2D eigenvalue weighted by Gasteiger charge is 2.50. The van der Waals surface area contributed by atoms with E-state index >= 15 is 0 Å². The fourth-order valence-corrected chi connectivity index (χ4v) is 7.08. The molecule has 2 saturated heterocycles. The molecular formula is C44H66N6O6. The number of hydrogen-bond donors (Lipinski definition) is 4. The van der Waals surface area contributed by atoms with Crippen molar-refractivity contribution in [2.75, 3.05) is 46.4 Å². The van der Waals surface area contributed by atoms with Crippen molar-refractivity contribution in [3.8, 4) is 0 Å². The highest BCUT2D eigenvalue weighted by Crippen LogP contribution is 2.29. The summed E-state index contributed by atoms with van der Waals surface area (Å²) in [5.74, 6) is -1.68. The molecule has 0 radical (unpaired) electrons. The minimum Gasteiger partial charge on any atom is -0.361 e. The molecule has 2 aliphatic heterocycles. The quantitative estimate of drug-likeness (QED) is 0.0987. The van der Waals surface area contributed by atoms with Crippen LogP contribution in [0.25, 0.3) is 0 Å². The number of benzene rings is 2. The van der Waals surface area contributed by atoms with Gasteiger partial charge in [0.25, 0.3) is 0 Å². The molecular weight excluding hydrogens is 709 g/mol. The molecule has 4 N–H and O–H groups in total. The SMILES string of the molecule is CC(C)C[C@H](NC(=O)[C@H](CCc1ccccc1)NC(=O)CCCCN1CCN(C)CC1)C(=O)N[C@@H](Cc1ccccc1)C(=O)N[C@@H](CC(C)C)C(=O)[C@@]1(C)CO1. The number of piperazine rings is 1. The molecule has 2 aromatic carbocycles. The normalized spacial score (nSPS) is 19.4. The number of epoxide rings is 1. The zero-order valence-corrected chi connectivity index (χ0v) is 34.5. The second-order valence-electron chi connectivity index (χ2n) is 16.8. The van der Waals surface area contributed by atoms with Crippen molar-refractivity contribution >= 4 is 29.4 Å². The highest BCUT2D eigenvalue weighted by atomic mass is 16.6.